The standard InChI is InChI=1S/C19H24N4O4/c1-19(2,9-20)10-21-16(25)11-3-4-13-12(7-11)8-23(18(13)27)14-5-6-15(24)22-17(14)26/h3-4,7,14H,5-6,8-10,20H2,1-2H3,(H,21,25)(H,22,24,26). The first-order chi connectivity index (χ1) is 12.7. The van der Waals surface area contributed by atoms with Gasteiger partial charge in [-0.2, -0.15) is 0 Å². The lowest BCUT2D eigenvalue weighted by molar-refractivity contribution is -0.136. The smallest absolute Gasteiger partial charge is 0.255 e. The zero-order valence-corrected chi connectivity index (χ0v) is 15.5. The number of nitrogens with one attached hydrogen (secondary N) is 2. The van der Waals surface area contributed by atoms with Crippen molar-refractivity contribution in [1.82, 2.24) is 15.5 Å². The van der Waals surface area contributed by atoms with Gasteiger partial charge in [-0.15, -0.1) is 0 Å². The van der Waals surface area contributed by atoms with E-state index >= 15 is 0 Å². The Morgan fingerprint density at radius 3 is 2.74 bits per heavy atom. The lowest BCUT2D eigenvalue weighted by Crippen LogP contribution is -2.52. The highest BCUT2D eigenvalue weighted by Crippen LogP contribution is 2.28. The topological polar surface area (TPSA) is 122 Å². The van der Waals surface area contributed by atoms with E-state index in [0.717, 1.165) is 0 Å². The third-order valence-electron chi connectivity index (χ3n) is 5.07. The lowest BCUT2D eigenvalue weighted by Gasteiger charge is -2.29. The number of hydrogen-bond donors (Lipinski definition) is 3. The average molecular weight is 372 g/mol. The van der Waals surface area contributed by atoms with E-state index in [2.05, 4.69) is 10.6 Å². The van der Waals surface area contributed by atoms with Crippen LogP contribution in [0.2, 0.25) is 0 Å². The van der Waals surface area contributed by atoms with Crippen molar-refractivity contribution in [3.05, 3.63) is 34.9 Å². The van der Waals surface area contributed by atoms with Crippen molar-refractivity contribution in [2.24, 2.45) is 11.1 Å². The molecular formula is C19H24N4O4. The van der Waals surface area contributed by atoms with E-state index in [1.165, 1.54) is 4.90 Å². The molecule has 1 atom stereocenters. The summed E-state index contributed by atoms with van der Waals surface area (Å²) in [4.78, 5) is 49.9. The van der Waals surface area contributed by atoms with E-state index < -0.39 is 11.9 Å². The molecule has 4 amide bonds. The van der Waals surface area contributed by atoms with Gasteiger partial charge in [0, 0.05) is 30.6 Å². The highest BCUT2D eigenvalue weighted by Gasteiger charge is 2.39. The molecule has 1 fully saturated rings. The normalized spacial score (nSPS) is 19.7. The van der Waals surface area contributed by atoms with Gasteiger partial charge in [-0.05, 0) is 42.1 Å². The van der Waals surface area contributed by atoms with E-state index in [-0.39, 0.29) is 36.1 Å². The number of carbonyl (C=O) groups excluding carboxylic acids is 4. The summed E-state index contributed by atoms with van der Waals surface area (Å²) >= 11 is 0. The highest BCUT2D eigenvalue weighted by atomic mass is 16.2. The molecule has 4 N–H and O–H groups in total. The summed E-state index contributed by atoms with van der Waals surface area (Å²) in [6.45, 7) is 5.07. The largest absolute Gasteiger partial charge is 0.351 e. The number of fused-ring (bicyclic) bond motifs is 1. The van der Waals surface area contributed by atoms with E-state index in [1.54, 1.807) is 18.2 Å². The van der Waals surface area contributed by atoms with Gasteiger partial charge in [0.15, 0.2) is 0 Å². The van der Waals surface area contributed by atoms with Gasteiger partial charge in [-0.25, -0.2) is 0 Å². The second kappa shape index (κ2) is 7.11. The molecular weight excluding hydrogens is 348 g/mol. The second-order valence-electron chi connectivity index (χ2n) is 7.82. The molecule has 1 unspecified atom stereocenters. The minimum absolute atomic E-state index is 0.203. The number of nitrogens with zero attached hydrogens (tertiary/aromatic N) is 1. The van der Waals surface area contributed by atoms with Crippen molar-refractivity contribution < 1.29 is 19.2 Å². The number of carbonyl (C=O) groups is 4. The number of imide groups is 1. The van der Waals surface area contributed by atoms with Crippen LogP contribution in [0.4, 0.5) is 0 Å². The Hall–Kier alpha value is -2.74. The molecule has 0 aliphatic carbocycles. The first-order valence-electron chi connectivity index (χ1n) is 8.98. The van der Waals surface area contributed by atoms with Crippen LogP contribution in [-0.4, -0.2) is 47.7 Å². The van der Waals surface area contributed by atoms with Gasteiger partial charge in [-0.1, -0.05) is 13.8 Å². The van der Waals surface area contributed by atoms with Crippen LogP contribution in [0.1, 0.15) is 53.0 Å². The van der Waals surface area contributed by atoms with Crippen molar-refractivity contribution in [2.75, 3.05) is 13.1 Å². The molecule has 0 bridgehead atoms. The Bertz CT molecular complexity index is 818. The van der Waals surface area contributed by atoms with E-state index in [1.807, 2.05) is 13.8 Å². The molecule has 27 heavy (non-hydrogen) atoms. The Morgan fingerprint density at radius 1 is 1.33 bits per heavy atom. The Balaban J connectivity index is 1.73. The third-order valence-corrected chi connectivity index (χ3v) is 5.07. The van der Waals surface area contributed by atoms with E-state index in [9.17, 15) is 19.2 Å². The van der Waals surface area contributed by atoms with Crippen LogP contribution < -0.4 is 16.4 Å². The summed E-state index contributed by atoms with van der Waals surface area (Å²) < 4.78 is 0. The van der Waals surface area contributed by atoms with Crippen molar-refractivity contribution >= 4 is 23.6 Å². The summed E-state index contributed by atoms with van der Waals surface area (Å²) in [5.41, 5.74) is 7.12. The first kappa shape index (κ1) is 19.0. The third kappa shape index (κ3) is 3.85. The van der Waals surface area contributed by atoms with Gasteiger partial charge in [0.1, 0.15) is 6.04 Å². The minimum atomic E-state index is -0.662. The van der Waals surface area contributed by atoms with Crippen LogP contribution >= 0.6 is 0 Å². The second-order valence-corrected chi connectivity index (χ2v) is 7.82. The van der Waals surface area contributed by atoms with E-state index in [4.69, 9.17) is 5.73 Å². The quantitative estimate of drug-likeness (QED) is 0.636. The van der Waals surface area contributed by atoms with Crippen LogP contribution in [0.3, 0.4) is 0 Å². The van der Waals surface area contributed by atoms with Crippen molar-refractivity contribution in [1.29, 1.82) is 0 Å². The van der Waals surface area contributed by atoms with Gasteiger partial charge < -0.3 is 16.0 Å². The SMILES string of the molecule is CC(C)(CN)CNC(=O)c1ccc2c(c1)CN(C1CCC(=O)NC1=O)C2=O. The highest BCUT2D eigenvalue weighted by molar-refractivity contribution is 6.06. The van der Waals surface area contributed by atoms with Gasteiger partial charge in [0.25, 0.3) is 11.8 Å². The predicted octanol–water partition coefficient (Wildman–Crippen LogP) is 0.162. The molecule has 8 heteroatoms. The number of nitrogens with two attached hydrogens (primary N) is 1. The maximum atomic E-state index is 12.6. The molecule has 2 aliphatic heterocycles. The average Bonchev–Trinajstić information content (AvgIpc) is 2.96. The van der Waals surface area contributed by atoms with Crippen LogP contribution in [0.5, 0.6) is 0 Å². The van der Waals surface area contributed by atoms with Crippen molar-refractivity contribution in [3.63, 3.8) is 0 Å². The van der Waals surface area contributed by atoms with Crippen LogP contribution in [0, 0.1) is 5.41 Å². The predicted molar refractivity (Wildman–Crippen MR) is 97.7 cm³/mol. The molecule has 2 heterocycles. The zero-order chi connectivity index (χ0) is 19.8. The molecule has 0 spiro atoms. The zero-order valence-electron chi connectivity index (χ0n) is 15.5. The molecule has 1 saturated heterocycles. The molecule has 3 rings (SSSR count). The lowest BCUT2D eigenvalue weighted by atomic mass is 9.94. The Morgan fingerprint density at radius 2 is 2.07 bits per heavy atom. The van der Waals surface area contributed by atoms with Gasteiger partial charge >= 0.3 is 0 Å². The van der Waals surface area contributed by atoms with Gasteiger partial charge in [0.05, 0.1) is 0 Å². The maximum Gasteiger partial charge on any atom is 0.255 e. The van der Waals surface area contributed by atoms with Crippen LogP contribution in [-0.2, 0) is 16.1 Å². The van der Waals surface area contributed by atoms with Gasteiger partial charge in [-0.3, -0.25) is 24.5 Å². The van der Waals surface area contributed by atoms with Crippen LogP contribution in [0.25, 0.3) is 0 Å². The number of amides is 4. The van der Waals surface area contributed by atoms with E-state index in [0.29, 0.717) is 36.2 Å². The van der Waals surface area contributed by atoms with Crippen LogP contribution in [0.15, 0.2) is 18.2 Å². The fraction of sp³-hybridized carbons (Fsp3) is 0.474. The molecule has 2 aliphatic rings. The molecule has 144 valence electrons. The summed E-state index contributed by atoms with van der Waals surface area (Å²) in [6.07, 6.45) is 0.521. The molecule has 1 aromatic rings. The van der Waals surface area contributed by atoms with Gasteiger partial charge in [0.2, 0.25) is 11.8 Å². The molecule has 1 aromatic carbocycles. The fourth-order valence-electron chi connectivity index (χ4n) is 3.21. The number of hydrogen-bond acceptors (Lipinski definition) is 5. The maximum absolute atomic E-state index is 12.6. The summed E-state index contributed by atoms with van der Waals surface area (Å²) in [6, 6.07) is 4.25. The molecule has 8 nitrogen and oxygen atoms in total. The van der Waals surface area contributed by atoms with Crippen molar-refractivity contribution in [3.8, 4) is 0 Å². The molecule has 0 radical (unpaired) electrons. The molecule has 0 saturated carbocycles. The Labute approximate surface area is 157 Å². The monoisotopic (exact) mass is 372 g/mol. The number of benzene rings is 1. The minimum Gasteiger partial charge on any atom is -0.351 e. The number of rotatable bonds is 5. The van der Waals surface area contributed by atoms with Crippen molar-refractivity contribution in [2.45, 2.75) is 39.3 Å². The fourth-order valence-corrected chi connectivity index (χ4v) is 3.21. The first-order valence-corrected chi connectivity index (χ1v) is 8.98. The summed E-state index contributed by atoms with van der Waals surface area (Å²) in [5.74, 6) is -1.25. The Kier molecular flexibility index (Phi) is 5.01. The number of piperidine rings is 1. The molecule has 0 aromatic heterocycles. The summed E-state index contributed by atoms with van der Waals surface area (Å²) in [5, 5.41) is 5.13. The summed E-state index contributed by atoms with van der Waals surface area (Å²) in [7, 11) is 0.